The van der Waals surface area contributed by atoms with E-state index in [0.717, 1.165) is 18.0 Å². The SMILES string of the molecule is CN(C)c1cccc(Cl)c1CC1CCCCN1. The van der Waals surface area contributed by atoms with Crippen LogP contribution >= 0.6 is 11.6 Å². The first-order valence-corrected chi connectivity index (χ1v) is 6.74. The van der Waals surface area contributed by atoms with Crippen LogP contribution in [0.1, 0.15) is 24.8 Å². The maximum Gasteiger partial charge on any atom is 0.0459 e. The highest BCUT2D eigenvalue weighted by molar-refractivity contribution is 6.31. The van der Waals surface area contributed by atoms with Crippen molar-refractivity contribution in [1.29, 1.82) is 0 Å². The van der Waals surface area contributed by atoms with E-state index in [-0.39, 0.29) is 0 Å². The zero-order chi connectivity index (χ0) is 12.3. The Labute approximate surface area is 109 Å². The van der Waals surface area contributed by atoms with Crippen molar-refractivity contribution < 1.29 is 0 Å². The van der Waals surface area contributed by atoms with Crippen LogP contribution in [-0.4, -0.2) is 26.7 Å². The molecule has 3 heteroatoms. The summed E-state index contributed by atoms with van der Waals surface area (Å²) < 4.78 is 0. The van der Waals surface area contributed by atoms with Crippen molar-refractivity contribution >= 4 is 17.3 Å². The fourth-order valence-corrected chi connectivity index (χ4v) is 2.76. The molecule has 1 unspecified atom stereocenters. The van der Waals surface area contributed by atoms with Crippen molar-refractivity contribution in [2.75, 3.05) is 25.5 Å². The first-order chi connectivity index (χ1) is 8.18. The zero-order valence-corrected chi connectivity index (χ0v) is 11.4. The third-order valence-electron chi connectivity index (χ3n) is 3.44. The van der Waals surface area contributed by atoms with E-state index in [1.54, 1.807) is 0 Å². The fraction of sp³-hybridized carbons (Fsp3) is 0.571. The summed E-state index contributed by atoms with van der Waals surface area (Å²) in [6, 6.07) is 6.74. The quantitative estimate of drug-likeness (QED) is 0.890. The molecule has 1 heterocycles. The maximum atomic E-state index is 6.34. The molecule has 1 aliphatic rings. The van der Waals surface area contributed by atoms with Crippen molar-refractivity contribution in [1.82, 2.24) is 5.32 Å². The molecule has 1 atom stereocenters. The molecular weight excluding hydrogens is 232 g/mol. The Hall–Kier alpha value is -0.730. The second-order valence-corrected chi connectivity index (χ2v) is 5.39. The summed E-state index contributed by atoms with van der Waals surface area (Å²) in [5, 5.41) is 4.48. The summed E-state index contributed by atoms with van der Waals surface area (Å²) in [7, 11) is 4.15. The third-order valence-corrected chi connectivity index (χ3v) is 3.79. The Morgan fingerprint density at radius 1 is 1.35 bits per heavy atom. The van der Waals surface area contributed by atoms with Gasteiger partial charge in [0.05, 0.1) is 0 Å². The Kier molecular flexibility index (Phi) is 4.30. The first kappa shape index (κ1) is 12.7. The number of halogens is 1. The highest BCUT2D eigenvalue weighted by Crippen LogP contribution is 2.28. The largest absolute Gasteiger partial charge is 0.377 e. The smallest absolute Gasteiger partial charge is 0.0459 e. The molecule has 1 aromatic carbocycles. The van der Waals surface area contributed by atoms with E-state index in [4.69, 9.17) is 11.6 Å². The molecular formula is C14H21ClN2. The van der Waals surface area contributed by atoms with Crippen LogP contribution < -0.4 is 10.2 Å². The van der Waals surface area contributed by atoms with Crippen molar-refractivity contribution in [2.24, 2.45) is 0 Å². The number of nitrogens with one attached hydrogen (secondary N) is 1. The van der Waals surface area contributed by atoms with Gasteiger partial charge >= 0.3 is 0 Å². The van der Waals surface area contributed by atoms with Crippen molar-refractivity contribution in [3.63, 3.8) is 0 Å². The van der Waals surface area contributed by atoms with Gasteiger partial charge in [-0.15, -0.1) is 0 Å². The zero-order valence-electron chi connectivity index (χ0n) is 10.7. The Morgan fingerprint density at radius 2 is 2.18 bits per heavy atom. The number of nitrogens with zero attached hydrogens (tertiary/aromatic N) is 1. The van der Waals surface area contributed by atoms with E-state index in [9.17, 15) is 0 Å². The molecule has 0 saturated carbocycles. The summed E-state index contributed by atoms with van der Waals surface area (Å²) in [4.78, 5) is 2.14. The molecule has 1 aliphatic heterocycles. The molecule has 0 amide bonds. The van der Waals surface area contributed by atoms with Crippen LogP contribution in [0.5, 0.6) is 0 Å². The number of rotatable bonds is 3. The number of hydrogen-bond donors (Lipinski definition) is 1. The Bertz CT molecular complexity index is 370. The molecule has 0 bridgehead atoms. The van der Waals surface area contributed by atoms with Crippen LogP contribution in [-0.2, 0) is 6.42 Å². The van der Waals surface area contributed by atoms with E-state index in [1.807, 2.05) is 12.1 Å². The number of hydrogen-bond acceptors (Lipinski definition) is 2. The molecule has 17 heavy (non-hydrogen) atoms. The number of benzene rings is 1. The highest BCUT2D eigenvalue weighted by Gasteiger charge is 2.17. The molecule has 1 saturated heterocycles. The van der Waals surface area contributed by atoms with Crippen LogP contribution in [0.2, 0.25) is 5.02 Å². The summed E-state index contributed by atoms with van der Waals surface area (Å²) in [5.74, 6) is 0. The monoisotopic (exact) mass is 252 g/mol. The van der Waals surface area contributed by atoms with E-state index in [2.05, 4.69) is 30.4 Å². The summed E-state index contributed by atoms with van der Waals surface area (Å²) >= 11 is 6.34. The van der Waals surface area contributed by atoms with E-state index >= 15 is 0 Å². The van der Waals surface area contributed by atoms with Crippen LogP contribution in [0.15, 0.2) is 18.2 Å². The third kappa shape index (κ3) is 3.14. The van der Waals surface area contributed by atoms with Gasteiger partial charge in [-0.25, -0.2) is 0 Å². The average Bonchev–Trinajstić information content (AvgIpc) is 2.33. The van der Waals surface area contributed by atoms with Crippen LogP contribution in [0.4, 0.5) is 5.69 Å². The van der Waals surface area contributed by atoms with Gasteiger partial charge in [0.15, 0.2) is 0 Å². The van der Waals surface area contributed by atoms with Gasteiger partial charge in [0, 0.05) is 30.8 Å². The molecule has 94 valence electrons. The Morgan fingerprint density at radius 3 is 2.82 bits per heavy atom. The molecule has 1 N–H and O–H groups in total. The summed E-state index contributed by atoms with van der Waals surface area (Å²) in [6.45, 7) is 1.15. The lowest BCUT2D eigenvalue weighted by atomic mass is 9.96. The van der Waals surface area contributed by atoms with Gasteiger partial charge in [0.1, 0.15) is 0 Å². The molecule has 0 radical (unpaired) electrons. The van der Waals surface area contributed by atoms with Crippen LogP contribution in [0.25, 0.3) is 0 Å². The van der Waals surface area contributed by atoms with Gasteiger partial charge < -0.3 is 10.2 Å². The van der Waals surface area contributed by atoms with Crippen molar-refractivity contribution in [2.45, 2.75) is 31.7 Å². The lowest BCUT2D eigenvalue weighted by Gasteiger charge is -2.26. The van der Waals surface area contributed by atoms with Gasteiger partial charge in [-0.2, -0.15) is 0 Å². The molecule has 2 nitrogen and oxygen atoms in total. The summed E-state index contributed by atoms with van der Waals surface area (Å²) in [6.07, 6.45) is 4.93. The second-order valence-electron chi connectivity index (χ2n) is 4.98. The van der Waals surface area contributed by atoms with E-state index < -0.39 is 0 Å². The van der Waals surface area contributed by atoms with Gasteiger partial charge in [-0.05, 0) is 43.5 Å². The predicted molar refractivity (Wildman–Crippen MR) is 75.1 cm³/mol. The molecule has 0 aromatic heterocycles. The predicted octanol–water partition coefficient (Wildman–Crippen LogP) is 3.09. The van der Waals surface area contributed by atoms with Crippen molar-refractivity contribution in [3.05, 3.63) is 28.8 Å². The minimum atomic E-state index is 0.586. The van der Waals surface area contributed by atoms with Gasteiger partial charge in [0.25, 0.3) is 0 Å². The number of piperidine rings is 1. The van der Waals surface area contributed by atoms with Crippen molar-refractivity contribution in [3.8, 4) is 0 Å². The number of anilines is 1. The average molecular weight is 253 g/mol. The highest BCUT2D eigenvalue weighted by atomic mass is 35.5. The van der Waals surface area contributed by atoms with E-state index in [0.29, 0.717) is 6.04 Å². The Balaban J connectivity index is 2.18. The van der Waals surface area contributed by atoms with Gasteiger partial charge in [0.2, 0.25) is 0 Å². The standard InChI is InChI=1S/C14H21ClN2/c1-17(2)14-8-5-7-13(15)12(14)10-11-6-3-4-9-16-11/h5,7-8,11,16H,3-4,6,9-10H2,1-2H3. The second kappa shape index (κ2) is 5.74. The van der Waals surface area contributed by atoms with Gasteiger partial charge in [-0.1, -0.05) is 24.1 Å². The first-order valence-electron chi connectivity index (χ1n) is 6.36. The molecule has 0 spiro atoms. The molecule has 1 aromatic rings. The lowest BCUT2D eigenvalue weighted by molar-refractivity contribution is 0.399. The molecule has 1 fully saturated rings. The van der Waals surface area contributed by atoms with Crippen LogP contribution in [0, 0.1) is 0 Å². The van der Waals surface area contributed by atoms with Crippen LogP contribution in [0.3, 0.4) is 0 Å². The lowest BCUT2D eigenvalue weighted by Crippen LogP contribution is -2.36. The topological polar surface area (TPSA) is 15.3 Å². The summed E-state index contributed by atoms with van der Waals surface area (Å²) in [5.41, 5.74) is 2.52. The normalized spacial score (nSPS) is 20.3. The van der Waals surface area contributed by atoms with E-state index in [1.165, 1.54) is 30.5 Å². The maximum absolute atomic E-state index is 6.34. The minimum Gasteiger partial charge on any atom is -0.377 e. The fourth-order valence-electron chi connectivity index (χ4n) is 2.51. The van der Waals surface area contributed by atoms with Gasteiger partial charge in [-0.3, -0.25) is 0 Å². The molecule has 0 aliphatic carbocycles. The molecule has 2 rings (SSSR count). The minimum absolute atomic E-state index is 0.586.